The molecule has 0 unspecified atom stereocenters. The van der Waals surface area contributed by atoms with E-state index in [1.54, 1.807) is 0 Å². The van der Waals surface area contributed by atoms with Gasteiger partial charge >= 0.3 is 0 Å². The fourth-order valence-corrected chi connectivity index (χ4v) is 4.44. The lowest BCUT2D eigenvalue weighted by Crippen LogP contribution is -2.28. The van der Waals surface area contributed by atoms with Crippen molar-refractivity contribution >= 4 is 22.5 Å². The fourth-order valence-electron chi connectivity index (χ4n) is 3.53. The molecule has 2 N–H and O–H groups in total. The highest BCUT2D eigenvalue weighted by Crippen LogP contribution is 2.46. The highest BCUT2D eigenvalue weighted by atomic mass is 32.1. The molecule has 0 saturated heterocycles. The zero-order chi connectivity index (χ0) is 19.2. The number of nitrogen functional groups attached to an aromatic ring is 1. The predicted octanol–water partition coefficient (Wildman–Crippen LogP) is 6.11. The van der Waals surface area contributed by atoms with E-state index >= 15 is 0 Å². The number of aromatic nitrogens is 1. The second-order valence-electron chi connectivity index (χ2n) is 7.45. The number of aryl methyl sites for hydroxylation is 2. The predicted molar refractivity (Wildman–Crippen MR) is 115 cm³/mol. The summed E-state index contributed by atoms with van der Waals surface area (Å²) in [5.74, 6) is 0.892. The maximum Gasteiger partial charge on any atom is 0.181 e. The summed E-state index contributed by atoms with van der Waals surface area (Å²) < 4.78 is 6.38. The van der Waals surface area contributed by atoms with Gasteiger partial charge in [0.25, 0.3) is 0 Å². The summed E-state index contributed by atoms with van der Waals surface area (Å²) in [7, 11) is 0. The van der Waals surface area contributed by atoms with Crippen LogP contribution in [0.5, 0.6) is 5.75 Å². The number of hydrogen-bond acceptors (Lipinski definition) is 4. The van der Waals surface area contributed by atoms with Gasteiger partial charge in [0.15, 0.2) is 5.13 Å². The molecule has 4 heteroatoms. The fraction of sp³-hybridized carbons (Fsp3) is 0.261. The summed E-state index contributed by atoms with van der Waals surface area (Å²) >= 11 is 1.54. The standard InChI is InChI=1S/C23H24N2OS/c1-5-15-8-6-7-9-17(15)21-19(25-22(24)27-21)18-11-10-14(2)16-12-13-23(3,4)26-20(16)18/h6-13H,5H2,1-4H3,(H2,24,25). The molecule has 0 spiro atoms. The molecule has 0 amide bonds. The van der Waals surface area contributed by atoms with Crippen molar-refractivity contribution in [2.45, 2.75) is 39.7 Å². The van der Waals surface area contributed by atoms with E-state index in [9.17, 15) is 0 Å². The number of nitrogens with two attached hydrogens (primary N) is 1. The van der Waals surface area contributed by atoms with E-state index in [1.807, 2.05) is 0 Å². The van der Waals surface area contributed by atoms with Crippen molar-refractivity contribution in [1.29, 1.82) is 0 Å². The molecule has 2 aromatic carbocycles. The van der Waals surface area contributed by atoms with Gasteiger partial charge in [-0.2, -0.15) is 0 Å². The molecule has 0 saturated carbocycles. The molecule has 0 fully saturated rings. The van der Waals surface area contributed by atoms with Gasteiger partial charge in [0.2, 0.25) is 0 Å². The number of ether oxygens (including phenoxy) is 1. The topological polar surface area (TPSA) is 48.1 Å². The van der Waals surface area contributed by atoms with Gasteiger partial charge in [0, 0.05) is 11.1 Å². The van der Waals surface area contributed by atoms with E-state index in [0.717, 1.165) is 33.9 Å². The molecular weight excluding hydrogens is 352 g/mol. The molecule has 1 aliphatic rings. The molecule has 3 aromatic rings. The molecule has 2 heterocycles. The van der Waals surface area contributed by atoms with Crippen LogP contribution in [0.1, 0.15) is 37.5 Å². The van der Waals surface area contributed by atoms with Gasteiger partial charge in [-0.15, -0.1) is 0 Å². The maximum absolute atomic E-state index is 6.38. The van der Waals surface area contributed by atoms with Crippen molar-refractivity contribution in [3.63, 3.8) is 0 Å². The van der Waals surface area contributed by atoms with Gasteiger partial charge in [0.1, 0.15) is 11.4 Å². The quantitative estimate of drug-likeness (QED) is 0.599. The Hall–Kier alpha value is -2.59. The summed E-state index contributed by atoms with van der Waals surface area (Å²) in [4.78, 5) is 5.81. The average molecular weight is 377 g/mol. The minimum atomic E-state index is -0.349. The van der Waals surface area contributed by atoms with Crippen molar-refractivity contribution in [3.8, 4) is 27.4 Å². The number of benzene rings is 2. The number of fused-ring (bicyclic) bond motifs is 1. The van der Waals surface area contributed by atoms with Crippen molar-refractivity contribution < 1.29 is 4.74 Å². The van der Waals surface area contributed by atoms with E-state index in [4.69, 9.17) is 15.5 Å². The summed E-state index contributed by atoms with van der Waals surface area (Å²) in [6.07, 6.45) is 5.23. The highest BCUT2D eigenvalue weighted by molar-refractivity contribution is 7.19. The molecule has 27 heavy (non-hydrogen) atoms. The van der Waals surface area contributed by atoms with Crippen LogP contribution in [0.25, 0.3) is 27.8 Å². The molecule has 0 atom stereocenters. The molecule has 138 valence electrons. The molecule has 1 aliphatic heterocycles. The summed E-state index contributed by atoms with van der Waals surface area (Å²) in [5.41, 5.74) is 12.5. The van der Waals surface area contributed by atoms with Gasteiger partial charge < -0.3 is 10.5 Å². The van der Waals surface area contributed by atoms with Crippen molar-refractivity contribution in [3.05, 3.63) is 59.2 Å². The Kier molecular flexibility index (Phi) is 4.31. The SMILES string of the molecule is CCc1ccccc1-c1sc(N)nc1-c1ccc(C)c2c1OC(C)(C)C=C2. The number of nitrogens with zero attached hydrogens (tertiary/aromatic N) is 1. The third-order valence-corrected chi connectivity index (χ3v) is 5.89. The molecule has 3 nitrogen and oxygen atoms in total. The summed E-state index contributed by atoms with van der Waals surface area (Å²) in [6.45, 7) is 8.42. The van der Waals surface area contributed by atoms with E-state index in [0.29, 0.717) is 5.13 Å². The first-order chi connectivity index (χ1) is 12.9. The van der Waals surface area contributed by atoms with E-state index < -0.39 is 0 Å². The van der Waals surface area contributed by atoms with Gasteiger partial charge in [-0.05, 0) is 56.0 Å². The third-order valence-electron chi connectivity index (χ3n) is 4.97. The Morgan fingerprint density at radius 2 is 1.89 bits per heavy atom. The van der Waals surface area contributed by atoms with E-state index in [-0.39, 0.29) is 5.60 Å². The van der Waals surface area contributed by atoms with E-state index in [2.05, 4.69) is 76.2 Å². The number of rotatable bonds is 3. The van der Waals surface area contributed by atoms with Crippen LogP contribution in [-0.2, 0) is 6.42 Å². The van der Waals surface area contributed by atoms with Gasteiger partial charge in [-0.25, -0.2) is 4.98 Å². The number of hydrogen-bond donors (Lipinski definition) is 1. The Balaban J connectivity index is 1.96. The smallest absolute Gasteiger partial charge is 0.181 e. The molecule has 4 rings (SSSR count). The highest BCUT2D eigenvalue weighted by Gasteiger charge is 2.28. The lowest BCUT2D eigenvalue weighted by molar-refractivity contribution is 0.160. The lowest BCUT2D eigenvalue weighted by Gasteiger charge is -2.30. The zero-order valence-electron chi connectivity index (χ0n) is 16.2. The first kappa shape index (κ1) is 17.8. The lowest BCUT2D eigenvalue weighted by atomic mass is 9.94. The monoisotopic (exact) mass is 376 g/mol. The summed E-state index contributed by atoms with van der Waals surface area (Å²) in [6, 6.07) is 12.7. The Morgan fingerprint density at radius 3 is 2.67 bits per heavy atom. The second-order valence-corrected chi connectivity index (χ2v) is 8.48. The maximum atomic E-state index is 6.38. The molecule has 0 bridgehead atoms. The Bertz CT molecular complexity index is 1050. The molecule has 0 aliphatic carbocycles. The van der Waals surface area contributed by atoms with Crippen LogP contribution < -0.4 is 10.5 Å². The van der Waals surface area contributed by atoms with Crippen LogP contribution >= 0.6 is 11.3 Å². The zero-order valence-corrected chi connectivity index (χ0v) is 17.0. The molecule has 0 radical (unpaired) electrons. The second kappa shape index (κ2) is 6.54. The van der Waals surface area contributed by atoms with Crippen LogP contribution in [0.2, 0.25) is 0 Å². The van der Waals surface area contributed by atoms with Crippen molar-refractivity contribution in [1.82, 2.24) is 4.98 Å². The van der Waals surface area contributed by atoms with Crippen LogP contribution in [0.3, 0.4) is 0 Å². The van der Waals surface area contributed by atoms with Crippen LogP contribution in [0.15, 0.2) is 42.5 Å². The van der Waals surface area contributed by atoms with Crippen LogP contribution in [-0.4, -0.2) is 10.6 Å². The van der Waals surface area contributed by atoms with Crippen LogP contribution in [0, 0.1) is 6.92 Å². The van der Waals surface area contributed by atoms with Crippen molar-refractivity contribution in [2.24, 2.45) is 0 Å². The average Bonchev–Trinajstić information content (AvgIpc) is 3.02. The number of anilines is 1. The first-order valence-corrected chi connectivity index (χ1v) is 10.1. The first-order valence-electron chi connectivity index (χ1n) is 9.26. The number of thiazole rings is 1. The van der Waals surface area contributed by atoms with Gasteiger partial charge in [-0.1, -0.05) is 54.7 Å². The minimum Gasteiger partial charge on any atom is -0.482 e. The van der Waals surface area contributed by atoms with Gasteiger partial charge in [-0.3, -0.25) is 0 Å². The van der Waals surface area contributed by atoms with Crippen molar-refractivity contribution in [2.75, 3.05) is 5.73 Å². The Morgan fingerprint density at radius 1 is 1.11 bits per heavy atom. The molecule has 1 aromatic heterocycles. The molecular formula is C23H24N2OS. The van der Waals surface area contributed by atoms with Crippen LogP contribution in [0.4, 0.5) is 5.13 Å². The van der Waals surface area contributed by atoms with E-state index in [1.165, 1.54) is 28.0 Å². The van der Waals surface area contributed by atoms with Gasteiger partial charge in [0.05, 0.1) is 10.6 Å². The normalized spacial score (nSPS) is 14.7. The largest absolute Gasteiger partial charge is 0.482 e. The summed E-state index contributed by atoms with van der Waals surface area (Å²) in [5, 5.41) is 0.575. The Labute approximate surface area is 164 Å². The minimum absolute atomic E-state index is 0.349. The third kappa shape index (κ3) is 3.15.